The maximum atomic E-state index is 10.7. The molecule has 0 saturated heterocycles. The van der Waals surface area contributed by atoms with Crippen LogP contribution in [0.1, 0.15) is 5.56 Å². The number of benzene rings is 1. The number of methoxy groups -OCH3 is 2. The van der Waals surface area contributed by atoms with Crippen LogP contribution in [0.15, 0.2) is 12.1 Å². The molecule has 0 aliphatic carbocycles. The summed E-state index contributed by atoms with van der Waals surface area (Å²) >= 11 is 0. The molecule has 0 atom stereocenters. The first-order valence-corrected chi connectivity index (χ1v) is 3.94. The van der Waals surface area contributed by atoms with Crippen LogP contribution < -0.4 is 9.47 Å². The highest BCUT2D eigenvalue weighted by Crippen LogP contribution is 2.32. The Bertz CT molecular complexity index is 436. The van der Waals surface area contributed by atoms with Crippen molar-refractivity contribution in [1.29, 1.82) is 5.26 Å². The Balaban J connectivity index is 3.48. The van der Waals surface area contributed by atoms with Gasteiger partial charge in [0.25, 0.3) is 5.69 Å². The second-order valence-corrected chi connectivity index (χ2v) is 2.59. The zero-order chi connectivity index (χ0) is 11.4. The third-order valence-corrected chi connectivity index (χ3v) is 1.82. The van der Waals surface area contributed by atoms with Crippen LogP contribution in [0.5, 0.6) is 11.5 Å². The minimum atomic E-state index is -0.649. The van der Waals surface area contributed by atoms with E-state index in [-0.39, 0.29) is 22.7 Å². The van der Waals surface area contributed by atoms with Crippen LogP contribution in [0.4, 0.5) is 5.69 Å². The molecule has 0 spiro atoms. The van der Waals surface area contributed by atoms with Crippen LogP contribution in [0, 0.1) is 21.4 Å². The lowest BCUT2D eigenvalue weighted by Crippen LogP contribution is -1.97. The average molecular weight is 208 g/mol. The number of hydrogen-bond acceptors (Lipinski definition) is 5. The van der Waals surface area contributed by atoms with Crippen LogP contribution in [0.3, 0.4) is 0 Å². The molecular formula is C9H8N2O4. The monoisotopic (exact) mass is 208 g/mol. The van der Waals surface area contributed by atoms with Gasteiger partial charge in [0.1, 0.15) is 17.6 Å². The lowest BCUT2D eigenvalue weighted by Gasteiger charge is -2.05. The second kappa shape index (κ2) is 4.28. The van der Waals surface area contributed by atoms with Crippen LogP contribution in [-0.2, 0) is 0 Å². The molecule has 6 heteroatoms. The maximum absolute atomic E-state index is 10.7. The number of ether oxygens (including phenoxy) is 2. The van der Waals surface area contributed by atoms with Gasteiger partial charge in [-0.05, 0) is 0 Å². The van der Waals surface area contributed by atoms with Crippen molar-refractivity contribution in [1.82, 2.24) is 0 Å². The third-order valence-electron chi connectivity index (χ3n) is 1.82. The molecule has 78 valence electrons. The Morgan fingerprint density at radius 3 is 2.47 bits per heavy atom. The van der Waals surface area contributed by atoms with Gasteiger partial charge in [0.15, 0.2) is 5.56 Å². The molecule has 0 aliphatic rings. The summed E-state index contributed by atoms with van der Waals surface area (Å²) in [7, 11) is 2.71. The Morgan fingerprint density at radius 2 is 2.07 bits per heavy atom. The first-order valence-electron chi connectivity index (χ1n) is 3.94. The van der Waals surface area contributed by atoms with E-state index in [1.165, 1.54) is 26.4 Å². The maximum Gasteiger partial charge on any atom is 0.294 e. The molecule has 0 amide bonds. The number of rotatable bonds is 3. The molecule has 0 bridgehead atoms. The quantitative estimate of drug-likeness (QED) is 0.554. The summed E-state index contributed by atoms with van der Waals surface area (Å²) in [4.78, 5) is 10.0. The number of nitrogens with zero attached hydrogens (tertiary/aromatic N) is 2. The summed E-state index contributed by atoms with van der Waals surface area (Å²) in [6.45, 7) is 0. The molecule has 0 aromatic heterocycles. The van der Waals surface area contributed by atoms with Gasteiger partial charge in [0, 0.05) is 6.07 Å². The van der Waals surface area contributed by atoms with Gasteiger partial charge in [-0.1, -0.05) is 0 Å². The lowest BCUT2D eigenvalue weighted by molar-refractivity contribution is -0.385. The fourth-order valence-corrected chi connectivity index (χ4v) is 1.11. The van der Waals surface area contributed by atoms with Crippen LogP contribution in [0.2, 0.25) is 0 Å². The van der Waals surface area contributed by atoms with Crippen LogP contribution >= 0.6 is 0 Å². The predicted molar refractivity (Wildman–Crippen MR) is 50.9 cm³/mol. The number of nitro groups is 1. The highest BCUT2D eigenvalue weighted by atomic mass is 16.6. The normalized spacial score (nSPS) is 9.13. The average Bonchev–Trinajstić information content (AvgIpc) is 2.26. The number of nitriles is 1. The van der Waals surface area contributed by atoms with E-state index in [0.717, 1.165) is 0 Å². The van der Waals surface area contributed by atoms with E-state index >= 15 is 0 Å². The van der Waals surface area contributed by atoms with E-state index in [2.05, 4.69) is 0 Å². The van der Waals surface area contributed by atoms with Crippen LogP contribution in [-0.4, -0.2) is 19.1 Å². The summed E-state index contributed by atoms with van der Waals surface area (Å²) in [5, 5.41) is 19.4. The van der Waals surface area contributed by atoms with E-state index in [1.54, 1.807) is 6.07 Å². The molecule has 0 N–H and O–H groups in total. The highest BCUT2D eigenvalue weighted by Gasteiger charge is 2.20. The molecule has 0 unspecified atom stereocenters. The zero-order valence-corrected chi connectivity index (χ0v) is 8.18. The molecule has 15 heavy (non-hydrogen) atoms. The molecule has 0 fully saturated rings. The van der Waals surface area contributed by atoms with E-state index < -0.39 is 4.92 Å². The van der Waals surface area contributed by atoms with E-state index in [4.69, 9.17) is 14.7 Å². The minimum Gasteiger partial charge on any atom is -0.496 e. The van der Waals surface area contributed by atoms with Crippen molar-refractivity contribution in [2.45, 2.75) is 0 Å². The van der Waals surface area contributed by atoms with Gasteiger partial charge in [-0.15, -0.1) is 0 Å². The van der Waals surface area contributed by atoms with E-state index in [0.29, 0.717) is 0 Å². The summed E-state index contributed by atoms with van der Waals surface area (Å²) in [5.74, 6) is 0.404. The Hall–Kier alpha value is -2.29. The molecule has 0 heterocycles. The summed E-state index contributed by atoms with van der Waals surface area (Å²) in [6, 6.07) is 4.33. The topological polar surface area (TPSA) is 85.4 Å². The van der Waals surface area contributed by atoms with Crippen molar-refractivity contribution in [3.05, 3.63) is 27.8 Å². The van der Waals surface area contributed by atoms with Gasteiger partial charge < -0.3 is 9.47 Å². The largest absolute Gasteiger partial charge is 0.496 e. The van der Waals surface area contributed by atoms with E-state index in [1.807, 2.05) is 0 Å². The van der Waals surface area contributed by atoms with Crippen molar-refractivity contribution < 1.29 is 14.4 Å². The summed E-state index contributed by atoms with van der Waals surface area (Å²) < 4.78 is 9.72. The number of hydrogen-bond donors (Lipinski definition) is 0. The Kier molecular flexibility index (Phi) is 3.08. The van der Waals surface area contributed by atoms with Crippen molar-refractivity contribution >= 4 is 5.69 Å². The zero-order valence-electron chi connectivity index (χ0n) is 8.18. The SMILES string of the molecule is COc1cc(OC)c(C#N)c([N+](=O)[O-])c1. The molecular weight excluding hydrogens is 200 g/mol. The predicted octanol–water partition coefficient (Wildman–Crippen LogP) is 1.48. The van der Waals surface area contributed by atoms with Crippen molar-refractivity contribution in [3.63, 3.8) is 0 Å². The molecule has 6 nitrogen and oxygen atoms in total. The van der Waals surface area contributed by atoms with Gasteiger partial charge in [-0.3, -0.25) is 10.1 Å². The van der Waals surface area contributed by atoms with Crippen molar-refractivity contribution in [2.24, 2.45) is 0 Å². The fraction of sp³-hybridized carbons (Fsp3) is 0.222. The fourth-order valence-electron chi connectivity index (χ4n) is 1.11. The van der Waals surface area contributed by atoms with Crippen molar-refractivity contribution in [3.8, 4) is 17.6 Å². The van der Waals surface area contributed by atoms with E-state index in [9.17, 15) is 10.1 Å². The first kappa shape index (κ1) is 10.8. The third kappa shape index (κ3) is 1.96. The molecule has 1 rings (SSSR count). The Morgan fingerprint density at radius 1 is 1.40 bits per heavy atom. The standard InChI is InChI=1S/C9H8N2O4/c1-14-6-3-8(11(12)13)7(5-10)9(4-6)15-2/h3-4H,1-2H3. The smallest absolute Gasteiger partial charge is 0.294 e. The van der Waals surface area contributed by atoms with Gasteiger partial charge in [-0.2, -0.15) is 5.26 Å². The molecule has 0 saturated carbocycles. The first-order chi connectivity index (χ1) is 7.13. The van der Waals surface area contributed by atoms with Crippen molar-refractivity contribution in [2.75, 3.05) is 14.2 Å². The summed E-state index contributed by atoms with van der Waals surface area (Å²) in [5.41, 5.74) is -0.433. The van der Waals surface area contributed by atoms with Gasteiger partial charge in [-0.25, -0.2) is 0 Å². The Labute approximate surface area is 85.8 Å². The van der Waals surface area contributed by atoms with Gasteiger partial charge in [0.05, 0.1) is 25.2 Å². The van der Waals surface area contributed by atoms with Gasteiger partial charge in [0.2, 0.25) is 0 Å². The van der Waals surface area contributed by atoms with Crippen LogP contribution in [0.25, 0.3) is 0 Å². The molecule has 1 aromatic carbocycles. The highest BCUT2D eigenvalue weighted by molar-refractivity contribution is 5.60. The number of nitro benzene ring substituents is 1. The molecule has 1 aromatic rings. The van der Waals surface area contributed by atoms with Gasteiger partial charge >= 0.3 is 0 Å². The molecule has 0 radical (unpaired) electrons. The minimum absolute atomic E-state index is 0.108. The second-order valence-electron chi connectivity index (χ2n) is 2.59. The lowest BCUT2D eigenvalue weighted by atomic mass is 10.1. The molecule has 0 aliphatic heterocycles. The summed E-state index contributed by atoms with van der Waals surface area (Å²) in [6.07, 6.45) is 0.